The molecule has 0 bridgehead atoms. The summed E-state index contributed by atoms with van der Waals surface area (Å²) in [7, 11) is 1.51. The molecule has 3 N–H and O–H groups in total. The van der Waals surface area contributed by atoms with Crippen molar-refractivity contribution in [1.82, 2.24) is 10.4 Å². The van der Waals surface area contributed by atoms with Gasteiger partial charge in [-0.2, -0.15) is 0 Å². The van der Waals surface area contributed by atoms with Gasteiger partial charge in [0, 0.05) is 29.9 Å². The fourth-order valence-corrected chi connectivity index (χ4v) is 2.17. The van der Waals surface area contributed by atoms with Gasteiger partial charge in [-0.25, -0.2) is 4.39 Å². The third-order valence-electron chi connectivity index (χ3n) is 3.49. The minimum atomic E-state index is -0.345. The minimum absolute atomic E-state index is 0.337. The Hall–Kier alpha value is -1.98. The average Bonchev–Trinajstić information content (AvgIpc) is 2.53. The fraction of sp³-hybridized carbons (Fsp3) is 0.312. The predicted molar refractivity (Wildman–Crippen MR) is 80.3 cm³/mol. The lowest BCUT2D eigenvalue weighted by Gasteiger charge is -2.17. The van der Waals surface area contributed by atoms with Crippen LogP contribution in [-0.2, 0) is 12.8 Å². The monoisotopic (exact) mass is 289 g/mol. The van der Waals surface area contributed by atoms with E-state index < -0.39 is 0 Å². The van der Waals surface area contributed by atoms with Gasteiger partial charge in [0.25, 0.3) is 0 Å². The van der Waals surface area contributed by atoms with Gasteiger partial charge in [0.05, 0.1) is 13.2 Å². The second-order valence-corrected chi connectivity index (χ2v) is 4.82. The van der Waals surface area contributed by atoms with Crippen LogP contribution in [0.2, 0.25) is 0 Å². The molecule has 112 valence electrons. The molecule has 1 aromatic carbocycles. The molecule has 0 aliphatic carbocycles. The Kier molecular flexibility index (Phi) is 5.25. The van der Waals surface area contributed by atoms with Gasteiger partial charge in [-0.15, -0.1) is 0 Å². The van der Waals surface area contributed by atoms with Crippen LogP contribution in [-0.4, -0.2) is 12.1 Å². The molecule has 2 aromatic rings. The van der Waals surface area contributed by atoms with Gasteiger partial charge in [-0.1, -0.05) is 19.1 Å². The topological polar surface area (TPSA) is 60.2 Å². The lowest BCUT2D eigenvalue weighted by molar-refractivity contribution is 0.409. The average molecular weight is 289 g/mol. The van der Waals surface area contributed by atoms with Crippen LogP contribution in [0, 0.1) is 5.82 Å². The number of hydrazine groups is 1. The SMILES string of the molecule is CCc1ccc(CC(NN)c2ccc(OC)cc2F)nc1. The Morgan fingerprint density at radius 1 is 1.33 bits per heavy atom. The number of benzene rings is 1. The minimum Gasteiger partial charge on any atom is -0.497 e. The number of rotatable bonds is 6. The number of nitrogens with one attached hydrogen (secondary N) is 1. The van der Waals surface area contributed by atoms with E-state index >= 15 is 0 Å². The summed E-state index contributed by atoms with van der Waals surface area (Å²) in [4.78, 5) is 4.38. The Bertz CT molecular complexity index is 587. The highest BCUT2D eigenvalue weighted by atomic mass is 19.1. The number of methoxy groups -OCH3 is 1. The highest BCUT2D eigenvalue weighted by Crippen LogP contribution is 2.23. The molecule has 0 aliphatic heterocycles. The molecule has 4 nitrogen and oxygen atoms in total. The summed E-state index contributed by atoms with van der Waals surface area (Å²) in [5.41, 5.74) is 5.19. The molecule has 0 saturated carbocycles. The van der Waals surface area contributed by atoms with E-state index in [0.29, 0.717) is 17.7 Å². The van der Waals surface area contributed by atoms with E-state index in [0.717, 1.165) is 12.1 Å². The van der Waals surface area contributed by atoms with Gasteiger partial charge in [-0.05, 0) is 24.1 Å². The van der Waals surface area contributed by atoms with Crippen LogP contribution >= 0.6 is 0 Å². The van der Waals surface area contributed by atoms with E-state index in [2.05, 4.69) is 17.3 Å². The van der Waals surface area contributed by atoms with E-state index in [1.807, 2.05) is 18.3 Å². The summed E-state index contributed by atoms with van der Waals surface area (Å²) in [6.07, 6.45) is 3.30. The van der Waals surface area contributed by atoms with Crippen molar-refractivity contribution >= 4 is 0 Å². The standard InChI is InChI=1S/C16H20FN3O/c1-3-11-4-5-12(19-10-11)8-16(20-18)14-7-6-13(21-2)9-15(14)17/h4-7,9-10,16,20H,3,8,18H2,1-2H3. The lowest BCUT2D eigenvalue weighted by atomic mass is 10.0. The van der Waals surface area contributed by atoms with Crippen LogP contribution in [0.5, 0.6) is 5.75 Å². The number of aryl methyl sites for hydroxylation is 1. The van der Waals surface area contributed by atoms with E-state index in [-0.39, 0.29) is 11.9 Å². The number of nitrogens with two attached hydrogens (primary N) is 1. The first-order chi connectivity index (χ1) is 10.2. The van der Waals surface area contributed by atoms with Crippen molar-refractivity contribution in [3.05, 3.63) is 59.2 Å². The first-order valence-corrected chi connectivity index (χ1v) is 6.91. The maximum atomic E-state index is 14.1. The van der Waals surface area contributed by atoms with E-state index in [4.69, 9.17) is 10.6 Å². The quantitative estimate of drug-likeness (QED) is 0.634. The fourth-order valence-electron chi connectivity index (χ4n) is 2.17. The molecule has 1 aromatic heterocycles. The zero-order valence-electron chi connectivity index (χ0n) is 12.3. The molecule has 21 heavy (non-hydrogen) atoms. The summed E-state index contributed by atoms with van der Waals surface area (Å²) >= 11 is 0. The lowest BCUT2D eigenvalue weighted by Crippen LogP contribution is -2.30. The number of aromatic nitrogens is 1. The van der Waals surface area contributed by atoms with Gasteiger partial charge >= 0.3 is 0 Å². The number of ether oxygens (including phenoxy) is 1. The molecule has 1 atom stereocenters. The van der Waals surface area contributed by atoms with Crippen molar-refractivity contribution in [2.75, 3.05) is 7.11 Å². The van der Waals surface area contributed by atoms with Crippen molar-refractivity contribution in [2.24, 2.45) is 5.84 Å². The number of hydrogen-bond acceptors (Lipinski definition) is 4. The van der Waals surface area contributed by atoms with Crippen molar-refractivity contribution in [3.8, 4) is 5.75 Å². The van der Waals surface area contributed by atoms with Crippen molar-refractivity contribution in [1.29, 1.82) is 0 Å². The van der Waals surface area contributed by atoms with E-state index in [9.17, 15) is 4.39 Å². The van der Waals surface area contributed by atoms with Gasteiger partial charge in [-0.3, -0.25) is 16.3 Å². The molecule has 5 heteroatoms. The number of pyridine rings is 1. The van der Waals surface area contributed by atoms with Crippen molar-refractivity contribution in [2.45, 2.75) is 25.8 Å². The van der Waals surface area contributed by atoms with Crippen LogP contribution in [0.4, 0.5) is 4.39 Å². The molecule has 0 fully saturated rings. The van der Waals surface area contributed by atoms with Gasteiger partial charge < -0.3 is 4.74 Å². The van der Waals surface area contributed by atoms with E-state index in [1.165, 1.54) is 18.7 Å². The largest absolute Gasteiger partial charge is 0.497 e. The second-order valence-electron chi connectivity index (χ2n) is 4.82. The first-order valence-electron chi connectivity index (χ1n) is 6.91. The zero-order chi connectivity index (χ0) is 15.2. The van der Waals surface area contributed by atoms with Crippen LogP contribution in [0.15, 0.2) is 36.5 Å². The first kappa shape index (κ1) is 15.4. The predicted octanol–water partition coefficient (Wildman–Crippen LogP) is 2.54. The van der Waals surface area contributed by atoms with Crippen LogP contribution in [0.3, 0.4) is 0 Å². The summed E-state index contributed by atoms with van der Waals surface area (Å²) < 4.78 is 19.1. The Morgan fingerprint density at radius 2 is 2.14 bits per heavy atom. The van der Waals surface area contributed by atoms with Gasteiger partial charge in [0.2, 0.25) is 0 Å². The Labute approximate surface area is 124 Å². The third kappa shape index (κ3) is 3.77. The molecule has 1 heterocycles. The maximum absolute atomic E-state index is 14.1. The molecule has 2 rings (SSSR count). The number of halogens is 1. The highest BCUT2D eigenvalue weighted by Gasteiger charge is 2.16. The Morgan fingerprint density at radius 3 is 2.67 bits per heavy atom. The Balaban J connectivity index is 2.18. The molecule has 0 spiro atoms. The van der Waals surface area contributed by atoms with Crippen LogP contribution in [0.1, 0.15) is 29.8 Å². The molecule has 0 saturated heterocycles. The molecule has 0 aliphatic rings. The van der Waals surface area contributed by atoms with Crippen LogP contribution in [0.25, 0.3) is 0 Å². The van der Waals surface area contributed by atoms with E-state index in [1.54, 1.807) is 12.1 Å². The normalized spacial score (nSPS) is 12.2. The molecule has 0 amide bonds. The van der Waals surface area contributed by atoms with Crippen molar-refractivity contribution in [3.63, 3.8) is 0 Å². The molecule has 1 unspecified atom stereocenters. The van der Waals surface area contributed by atoms with Gasteiger partial charge in [0.15, 0.2) is 0 Å². The molecular weight excluding hydrogens is 269 g/mol. The molecule has 0 radical (unpaired) electrons. The summed E-state index contributed by atoms with van der Waals surface area (Å²) in [6.45, 7) is 2.08. The smallest absolute Gasteiger partial charge is 0.131 e. The van der Waals surface area contributed by atoms with Crippen molar-refractivity contribution < 1.29 is 9.13 Å². The third-order valence-corrected chi connectivity index (χ3v) is 3.49. The summed E-state index contributed by atoms with van der Waals surface area (Å²) in [6, 6.07) is 8.39. The zero-order valence-corrected chi connectivity index (χ0v) is 12.3. The maximum Gasteiger partial charge on any atom is 0.131 e. The number of nitrogens with zero attached hydrogens (tertiary/aromatic N) is 1. The number of hydrogen-bond donors (Lipinski definition) is 2. The van der Waals surface area contributed by atoms with Gasteiger partial charge in [0.1, 0.15) is 11.6 Å². The summed E-state index contributed by atoms with van der Waals surface area (Å²) in [5.74, 6) is 5.71. The highest BCUT2D eigenvalue weighted by molar-refractivity contribution is 5.31. The second kappa shape index (κ2) is 7.15. The van der Waals surface area contributed by atoms with Crippen LogP contribution < -0.4 is 16.0 Å². The molecular formula is C16H20FN3O. The summed E-state index contributed by atoms with van der Waals surface area (Å²) in [5, 5.41) is 0.